The van der Waals surface area contributed by atoms with E-state index in [1.165, 1.54) is 0 Å². The minimum absolute atomic E-state index is 0.0244. The largest absolute Gasteiger partial charge is 0.417 e. The van der Waals surface area contributed by atoms with Crippen molar-refractivity contribution in [2.24, 2.45) is 0 Å². The van der Waals surface area contributed by atoms with Gasteiger partial charge in [-0.05, 0) is 55.9 Å². The summed E-state index contributed by atoms with van der Waals surface area (Å²) in [6.07, 6.45) is 4.45. The minimum atomic E-state index is -4.47. The lowest BCUT2D eigenvalue weighted by molar-refractivity contribution is -0.137. The summed E-state index contributed by atoms with van der Waals surface area (Å²) in [5, 5.41) is 4.23. The highest BCUT2D eigenvalue weighted by atomic mass is 19.4. The molecule has 8 nitrogen and oxygen atoms in total. The predicted octanol–water partition coefficient (Wildman–Crippen LogP) is 3.73. The van der Waals surface area contributed by atoms with Gasteiger partial charge in [0.1, 0.15) is 11.3 Å². The van der Waals surface area contributed by atoms with Crippen LogP contribution in [0, 0.1) is 0 Å². The first-order chi connectivity index (χ1) is 17.8. The lowest BCUT2D eigenvalue weighted by atomic mass is 9.97. The van der Waals surface area contributed by atoms with Crippen LogP contribution in [0.25, 0.3) is 11.0 Å². The average molecular weight is 517 g/mol. The van der Waals surface area contributed by atoms with Gasteiger partial charge >= 0.3 is 6.18 Å². The molecule has 3 aromatic rings. The third kappa shape index (κ3) is 5.82. The highest BCUT2D eigenvalue weighted by molar-refractivity contribution is 5.92. The molecule has 2 fully saturated rings. The van der Waals surface area contributed by atoms with Gasteiger partial charge in [-0.25, -0.2) is 4.98 Å². The number of alkyl halides is 3. The maximum atomic E-state index is 12.8. The van der Waals surface area contributed by atoms with E-state index in [4.69, 9.17) is 0 Å². The van der Waals surface area contributed by atoms with Crippen LogP contribution >= 0.6 is 0 Å². The molecule has 0 bridgehead atoms. The van der Waals surface area contributed by atoms with Crippen molar-refractivity contribution < 1.29 is 22.8 Å². The molecule has 0 atom stereocenters. The molecule has 0 radical (unpaired) electrons. The smallest absolute Gasteiger partial charge is 0.357 e. The highest BCUT2D eigenvalue weighted by Crippen LogP contribution is 2.30. The van der Waals surface area contributed by atoms with E-state index in [2.05, 4.69) is 25.2 Å². The molecular formula is C26H31F3N6O2. The summed E-state index contributed by atoms with van der Waals surface area (Å²) in [7, 11) is 0. The van der Waals surface area contributed by atoms with Crippen LogP contribution in [0.15, 0.2) is 36.8 Å². The van der Waals surface area contributed by atoms with Gasteiger partial charge < -0.3 is 25.1 Å². The topological polar surface area (TPSA) is 97.1 Å². The van der Waals surface area contributed by atoms with Crippen LogP contribution in [0.3, 0.4) is 0 Å². The minimum Gasteiger partial charge on any atom is -0.357 e. The molecule has 2 amide bonds. The highest BCUT2D eigenvalue weighted by Gasteiger charge is 2.34. The van der Waals surface area contributed by atoms with Gasteiger partial charge in [0.05, 0.1) is 5.56 Å². The Hall–Kier alpha value is -3.34. The summed E-state index contributed by atoms with van der Waals surface area (Å²) in [6, 6.07) is 5.28. The molecular weight excluding hydrogens is 485 g/mol. The number of carbonyl (C=O) groups excluding carboxylic acids is 2. The number of halogens is 3. The number of pyridine rings is 1. The van der Waals surface area contributed by atoms with E-state index in [-0.39, 0.29) is 23.6 Å². The number of amides is 2. The number of nitrogens with one attached hydrogen (secondary N) is 3. The van der Waals surface area contributed by atoms with E-state index < -0.39 is 11.7 Å². The maximum absolute atomic E-state index is 12.8. The first kappa shape index (κ1) is 25.3. The van der Waals surface area contributed by atoms with Crippen molar-refractivity contribution in [3.05, 3.63) is 53.6 Å². The third-order valence-corrected chi connectivity index (χ3v) is 7.56. The van der Waals surface area contributed by atoms with Crippen molar-refractivity contribution in [1.82, 2.24) is 30.1 Å². The molecule has 2 saturated heterocycles. The number of hydrogen-bond donors (Lipinski definition) is 3. The number of carbonyl (C=O) groups is 2. The van der Waals surface area contributed by atoms with Gasteiger partial charge in [0.25, 0.3) is 5.91 Å². The number of hydrogen-bond acceptors (Lipinski definition) is 4. The Morgan fingerprint density at radius 2 is 1.81 bits per heavy atom. The van der Waals surface area contributed by atoms with Gasteiger partial charge in [0, 0.05) is 68.7 Å². The first-order valence-electron chi connectivity index (χ1n) is 12.8. The van der Waals surface area contributed by atoms with Crippen LogP contribution < -0.4 is 5.32 Å². The number of aromatic amines is 2. The average Bonchev–Trinajstić information content (AvgIpc) is 3.56. The van der Waals surface area contributed by atoms with Crippen molar-refractivity contribution >= 4 is 22.8 Å². The first-order valence-corrected chi connectivity index (χ1v) is 12.8. The Balaban J connectivity index is 1.03. The summed E-state index contributed by atoms with van der Waals surface area (Å²) < 4.78 is 38.5. The fourth-order valence-corrected chi connectivity index (χ4v) is 5.46. The number of piperidine rings is 2. The molecule has 0 unspecified atom stereocenters. The quantitative estimate of drug-likeness (QED) is 0.465. The van der Waals surface area contributed by atoms with Gasteiger partial charge in [-0.15, -0.1) is 0 Å². The standard InChI is InChI=1S/C26H31F3N6O2/c27-26(28,29)18-14-22(31-16-18)25(37)35-12-7-20(8-13-35)34-10-5-19(6-11-34)33-23(36)4-3-17-15-32-24-21(17)2-1-9-30-24/h1-2,9,14-16,19-20,31H,3-8,10-13H2,(H,30,32)(H,33,36). The molecule has 3 N–H and O–H groups in total. The lowest BCUT2D eigenvalue weighted by Gasteiger charge is -2.41. The zero-order valence-corrected chi connectivity index (χ0v) is 20.5. The summed E-state index contributed by atoms with van der Waals surface area (Å²) in [4.78, 5) is 39.1. The molecule has 11 heteroatoms. The Bertz CT molecular complexity index is 1240. The number of fused-ring (bicyclic) bond motifs is 1. The van der Waals surface area contributed by atoms with Crippen LogP contribution in [-0.2, 0) is 17.4 Å². The maximum Gasteiger partial charge on any atom is 0.417 e. The van der Waals surface area contributed by atoms with Gasteiger partial charge in [-0.1, -0.05) is 0 Å². The molecule has 5 rings (SSSR count). The molecule has 37 heavy (non-hydrogen) atoms. The Morgan fingerprint density at radius 1 is 1.05 bits per heavy atom. The molecule has 0 aliphatic carbocycles. The summed E-state index contributed by atoms with van der Waals surface area (Å²) in [5.74, 6) is -0.333. The van der Waals surface area contributed by atoms with E-state index >= 15 is 0 Å². The molecule has 5 heterocycles. The molecule has 0 spiro atoms. The van der Waals surface area contributed by atoms with Crippen molar-refractivity contribution in [2.75, 3.05) is 26.2 Å². The number of aromatic nitrogens is 3. The normalized spacial score (nSPS) is 18.4. The van der Waals surface area contributed by atoms with Crippen LogP contribution in [0.5, 0.6) is 0 Å². The van der Waals surface area contributed by atoms with Crippen molar-refractivity contribution in [3.63, 3.8) is 0 Å². The van der Waals surface area contributed by atoms with Gasteiger partial charge in [0.2, 0.25) is 5.91 Å². The van der Waals surface area contributed by atoms with Crippen molar-refractivity contribution in [1.29, 1.82) is 0 Å². The fourth-order valence-electron chi connectivity index (χ4n) is 5.46. The molecule has 198 valence electrons. The van der Waals surface area contributed by atoms with Gasteiger partial charge in [-0.2, -0.15) is 13.2 Å². The second kappa shape index (κ2) is 10.6. The van der Waals surface area contributed by atoms with Gasteiger partial charge in [0.15, 0.2) is 0 Å². The summed E-state index contributed by atoms with van der Waals surface area (Å²) >= 11 is 0. The number of aryl methyl sites for hydroxylation is 1. The Labute approximate surface area is 212 Å². The van der Waals surface area contributed by atoms with Crippen LogP contribution in [0.2, 0.25) is 0 Å². The number of rotatable bonds is 6. The van der Waals surface area contributed by atoms with Gasteiger partial charge in [-0.3, -0.25) is 9.59 Å². The monoisotopic (exact) mass is 516 g/mol. The van der Waals surface area contributed by atoms with E-state index in [0.717, 1.165) is 67.6 Å². The van der Waals surface area contributed by atoms with E-state index in [9.17, 15) is 22.8 Å². The van der Waals surface area contributed by atoms with Crippen molar-refractivity contribution in [3.8, 4) is 0 Å². The second-order valence-electron chi connectivity index (χ2n) is 9.91. The fraction of sp³-hybridized carbons (Fsp3) is 0.500. The summed E-state index contributed by atoms with van der Waals surface area (Å²) in [5.41, 5.74) is 1.06. The predicted molar refractivity (Wildman–Crippen MR) is 132 cm³/mol. The zero-order valence-electron chi connectivity index (χ0n) is 20.5. The number of nitrogens with zero attached hydrogens (tertiary/aromatic N) is 3. The third-order valence-electron chi connectivity index (χ3n) is 7.56. The summed E-state index contributed by atoms with van der Waals surface area (Å²) in [6.45, 7) is 2.79. The Kier molecular flexibility index (Phi) is 7.23. The molecule has 2 aliphatic rings. The SMILES string of the molecule is O=C(CCc1c[nH]c2ncccc12)NC1CCN(C2CCN(C(=O)c3cc(C(F)(F)F)c[nH]3)CC2)CC1. The zero-order chi connectivity index (χ0) is 26.0. The number of H-pyrrole nitrogens is 2. The molecule has 0 saturated carbocycles. The Morgan fingerprint density at radius 3 is 2.51 bits per heavy atom. The second-order valence-corrected chi connectivity index (χ2v) is 9.91. The van der Waals surface area contributed by atoms with Crippen molar-refractivity contribution in [2.45, 2.75) is 56.8 Å². The van der Waals surface area contributed by atoms with E-state index in [1.807, 2.05) is 18.3 Å². The van der Waals surface area contributed by atoms with Crippen LogP contribution in [0.4, 0.5) is 13.2 Å². The van der Waals surface area contributed by atoms with E-state index in [0.29, 0.717) is 32.0 Å². The number of likely N-dealkylation sites (tertiary alicyclic amines) is 2. The van der Waals surface area contributed by atoms with Crippen LogP contribution in [-0.4, -0.2) is 74.8 Å². The molecule has 3 aromatic heterocycles. The molecule has 0 aromatic carbocycles. The molecule has 2 aliphatic heterocycles. The van der Waals surface area contributed by atoms with E-state index in [1.54, 1.807) is 11.1 Å². The lowest BCUT2D eigenvalue weighted by Crippen LogP contribution is -2.51. The van der Waals surface area contributed by atoms with Crippen LogP contribution in [0.1, 0.15) is 53.7 Å².